The van der Waals surface area contributed by atoms with Crippen molar-refractivity contribution in [2.75, 3.05) is 11.9 Å². The lowest BCUT2D eigenvalue weighted by Gasteiger charge is -2.19. The largest absolute Gasteiger partial charge is 0.309 e. The maximum atomic E-state index is 14.1. The average Bonchev–Trinajstić information content (AvgIpc) is 3.07. The third-order valence-corrected chi connectivity index (χ3v) is 4.18. The molecule has 0 atom stereocenters. The van der Waals surface area contributed by atoms with Gasteiger partial charge in [0, 0.05) is 17.1 Å². The van der Waals surface area contributed by atoms with Gasteiger partial charge in [0.2, 0.25) is 0 Å². The fraction of sp³-hybridized carbons (Fsp3) is 0.118. The van der Waals surface area contributed by atoms with E-state index in [-0.39, 0.29) is 11.6 Å². The standard InChI is InChI=1S/C17H14BrFN4O/c1-11-7-12(3-5-15(11)23-10-20-9-21-23)17(24)22(2)16-6-4-13(18)8-14(16)19/h3-10H,1-2H3. The average molecular weight is 389 g/mol. The molecule has 3 aromatic rings. The Balaban J connectivity index is 1.91. The zero-order chi connectivity index (χ0) is 17.3. The number of carbonyl (C=O) groups is 1. The summed E-state index contributed by atoms with van der Waals surface area (Å²) >= 11 is 3.21. The smallest absolute Gasteiger partial charge is 0.258 e. The van der Waals surface area contributed by atoms with E-state index in [0.717, 1.165) is 11.3 Å². The highest BCUT2D eigenvalue weighted by Gasteiger charge is 2.18. The second-order valence-corrected chi connectivity index (χ2v) is 6.22. The number of hydrogen-bond acceptors (Lipinski definition) is 3. The van der Waals surface area contributed by atoms with Gasteiger partial charge in [-0.05, 0) is 48.9 Å². The summed E-state index contributed by atoms with van der Waals surface area (Å²) in [6, 6.07) is 9.84. The van der Waals surface area contributed by atoms with Gasteiger partial charge in [-0.15, -0.1) is 0 Å². The summed E-state index contributed by atoms with van der Waals surface area (Å²) in [7, 11) is 1.55. The van der Waals surface area contributed by atoms with Gasteiger partial charge < -0.3 is 4.90 Å². The van der Waals surface area contributed by atoms with Crippen molar-refractivity contribution in [1.82, 2.24) is 14.8 Å². The normalized spacial score (nSPS) is 10.7. The van der Waals surface area contributed by atoms with Gasteiger partial charge in [0.05, 0.1) is 11.4 Å². The fourth-order valence-electron chi connectivity index (χ4n) is 2.43. The van der Waals surface area contributed by atoms with Crippen molar-refractivity contribution in [3.8, 4) is 5.69 Å². The molecule has 0 bridgehead atoms. The summed E-state index contributed by atoms with van der Waals surface area (Å²) in [6.07, 6.45) is 3.04. The van der Waals surface area contributed by atoms with Gasteiger partial charge in [0.25, 0.3) is 5.91 Å². The summed E-state index contributed by atoms with van der Waals surface area (Å²) in [4.78, 5) is 17.9. The first-order valence-corrected chi connectivity index (χ1v) is 7.95. The molecule has 5 nitrogen and oxygen atoms in total. The second kappa shape index (κ2) is 6.52. The number of nitrogens with zero attached hydrogens (tertiary/aromatic N) is 4. The molecule has 0 saturated carbocycles. The fourth-order valence-corrected chi connectivity index (χ4v) is 2.77. The third kappa shape index (κ3) is 3.07. The minimum absolute atomic E-state index is 0.223. The van der Waals surface area contributed by atoms with Crippen molar-refractivity contribution in [2.45, 2.75) is 6.92 Å². The van der Waals surface area contributed by atoms with Gasteiger partial charge in [0.1, 0.15) is 18.5 Å². The van der Waals surface area contributed by atoms with E-state index < -0.39 is 5.82 Å². The van der Waals surface area contributed by atoms with Crippen LogP contribution in [0.25, 0.3) is 5.69 Å². The Bertz CT molecular complexity index is 896. The SMILES string of the molecule is Cc1cc(C(=O)N(C)c2ccc(Br)cc2F)ccc1-n1cncn1. The zero-order valence-electron chi connectivity index (χ0n) is 13.1. The zero-order valence-corrected chi connectivity index (χ0v) is 14.7. The van der Waals surface area contributed by atoms with Crippen molar-refractivity contribution >= 4 is 27.5 Å². The molecule has 0 radical (unpaired) electrons. The highest BCUT2D eigenvalue weighted by Crippen LogP contribution is 2.24. The summed E-state index contributed by atoms with van der Waals surface area (Å²) < 4.78 is 16.3. The van der Waals surface area contributed by atoms with Gasteiger partial charge >= 0.3 is 0 Å². The summed E-state index contributed by atoms with van der Waals surface area (Å²) in [5, 5.41) is 4.08. The van der Waals surface area contributed by atoms with Crippen LogP contribution < -0.4 is 4.90 Å². The van der Waals surface area contributed by atoms with E-state index in [4.69, 9.17) is 0 Å². The molecule has 2 aromatic carbocycles. The van der Waals surface area contributed by atoms with Crippen LogP contribution in [-0.4, -0.2) is 27.7 Å². The Morgan fingerprint density at radius 1 is 1.25 bits per heavy atom. The first-order valence-electron chi connectivity index (χ1n) is 7.16. The number of amides is 1. The molecule has 122 valence electrons. The Labute approximate surface area is 146 Å². The van der Waals surface area contributed by atoms with Crippen LogP contribution in [0.5, 0.6) is 0 Å². The number of benzene rings is 2. The molecule has 0 fully saturated rings. The minimum Gasteiger partial charge on any atom is -0.309 e. The van der Waals surface area contributed by atoms with E-state index in [1.807, 2.05) is 6.92 Å². The van der Waals surface area contributed by atoms with E-state index in [1.54, 1.807) is 48.4 Å². The number of aromatic nitrogens is 3. The first-order chi connectivity index (χ1) is 11.5. The second-order valence-electron chi connectivity index (χ2n) is 5.30. The minimum atomic E-state index is -0.462. The predicted octanol–water partition coefficient (Wildman–Crippen LogP) is 3.75. The van der Waals surface area contributed by atoms with Crippen molar-refractivity contribution < 1.29 is 9.18 Å². The first kappa shape index (κ1) is 16.3. The van der Waals surface area contributed by atoms with Crippen molar-refractivity contribution in [3.63, 3.8) is 0 Å². The van der Waals surface area contributed by atoms with Crippen LogP contribution >= 0.6 is 15.9 Å². The van der Waals surface area contributed by atoms with E-state index in [1.165, 1.54) is 17.3 Å². The maximum absolute atomic E-state index is 14.1. The van der Waals surface area contributed by atoms with Gasteiger partial charge in [0.15, 0.2) is 0 Å². The lowest BCUT2D eigenvalue weighted by Crippen LogP contribution is -2.27. The van der Waals surface area contributed by atoms with E-state index in [0.29, 0.717) is 10.0 Å². The molecule has 7 heteroatoms. The third-order valence-electron chi connectivity index (χ3n) is 3.69. The number of halogens is 2. The maximum Gasteiger partial charge on any atom is 0.258 e. The summed E-state index contributed by atoms with van der Waals surface area (Å²) in [5.41, 5.74) is 2.40. The van der Waals surface area contributed by atoms with Crippen LogP contribution in [0.4, 0.5) is 10.1 Å². The van der Waals surface area contributed by atoms with Crippen LogP contribution in [0.3, 0.4) is 0 Å². The Hall–Kier alpha value is -2.54. The van der Waals surface area contributed by atoms with Crippen LogP contribution in [0.1, 0.15) is 15.9 Å². The molecule has 1 heterocycles. The number of anilines is 1. The molecule has 0 spiro atoms. The lowest BCUT2D eigenvalue weighted by atomic mass is 10.1. The Kier molecular flexibility index (Phi) is 4.44. The quantitative estimate of drug-likeness (QED) is 0.686. The van der Waals surface area contributed by atoms with Crippen molar-refractivity contribution in [1.29, 1.82) is 0 Å². The number of rotatable bonds is 3. The lowest BCUT2D eigenvalue weighted by molar-refractivity contribution is 0.0992. The van der Waals surface area contributed by atoms with Crippen LogP contribution in [0.2, 0.25) is 0 Å². The molecule has 24 heavy (non-hydrogen) atoms. The van der Waals surface area contributed by atoms with Crippen molar-refractivity contribution in [3.05, 3.63) is 70.5 Å². The Morgan fingerprint density at radius 3 is 2.67 bits per heavy atom. The molecule has 0 N–H and O–H groups in total. The molecular weight excluding hydrogens is 375 g/mol. The number of aryl methyl sites for hydroxylation is 1. The summed E-state index contributed by atoms with van der Waals surface area (Å²) in [6.45, 7) is 1.88. The van der Waals surface area contributed by atoms with E-state index in [2.05, 4.69) is 26.0 Å². The number of carbonyl (C=O) groups excluding carboxylic acids is 1. The van der Waals surface area contributed by atoms with E-state index >= 15 is 0 Å². The van der Waals surface area contributed by atoms with E-state index in [9.17, 15) is 9.18 Å². The molecule has 0 aliphatic carbocycles. The van der Waals surface area contributed by atoms with Gasteiger partial charge in [-0.3, -0.25) is 4.79 Å². The van der Waals surface area contributed by atoms with Gasteiger partial charge in [-0.1, -0.05) is 15.9 Å². The van der Waals surface area contributed by atoms with Crippen LogP contribution in [0, 0.1) is 12.7 Å². The number of hydrogen-bond donors (Lipinski definition) is 0. The molecule has 0 aliphatic heterocycles. The molecule has 1 aromatic heterocycles. The summed E-state index contributed by atoms with van der Waals surface area (Å²) in [5.74, 6) is -0.749. The topological polar surface area (TPSA) is 51.0 Å². The molecular formula is C17H14BrFN4O. The monoisotopic (exact) mass is 388 g/mol. The molecule has 3 rings (SSSR count). The highest BCUT2D eigenvalue weighted by atomic mass is 79.9. The van der Waals surface area contributed by atoms with Gasteiger partial charge in [-0.2, -0.15) is 5.10 Å². The van der Waals surface area contributed by atoms with Crippen molar-refractivity contribution in [2.24, 2.45) is 0 Å². The molecule has 0 unspecified atom stereocenters. The van der Waals surface area contributed by atoms with Crippen LogP contribution in [-0.2, 0) is 0 Å². The Morgan fingerprint density at radius 2 is 2.04 bits per heavy atom. The van der Waals surface area contributed by atoms with Gasteiger partial charge in [-0.25, -0.2) is 14.1 Å². The highest BCUT2D eigenvalue weighted by molar-refractivity contribution is 9.10. The molecule has 0 saturated heterocycles. The predicted molar refractivity (Wildman–Crippen MR) is 92.9 cm³/mol. The molecule has 1 amide bonds. The van der Waals surface area contributed by atoms with Crippen LogP contribution in [0.15, 0.2) is 53.5 Å². The molecule has 0 aliphatic rings.